The molecular weight excluding hydrogens is 236 g/mol. The molecule has 0 heterocycles. The van der Waals surface area contributed by atoms with Gasteiger partial charge < -0.3 is 5.73 Å². The number of nitrogens with two attached hydrogens (primary N) is 1. The topological polar surface area (TPSA) is 26.0 Å². The van der Waals surface area contributed by atoms with E-state index < -0.39 is 5.82 Å². The Hall–Kier alpha value is -0.310. The number of benzene rings is 1. The molecule has 1 atom stereocenters. The largest absolute Gasteiger partial charge is 0.323 e. The quantitative estimate of drug-likeness (QED) is 0.804. The first-order valence-electron chi connectivity index (χ1n) is 4.53. The summed E-state index contributed by atoms with van der Waals surface area (Å²) < 4.78 is 13.6. The average molecular weight is 252 g/mol. The van der Waals surface area contributed by atoms with E-state index in [1.807, 2.05) is 20.8 Å². The molecule has 1 aromatic carbocycles. The first kappa shape index (κ1) is 14.7. The minimum Gasteiger partial charge on any atom is -0.323 e. The molecule has 0 aliphatic heterocycles. The Labute approximate surface area is 101 Å². The molecule has 0 unspecified atom stereocenters. The zero-order valence-electron chi connectivity index (χ0n) is 9.05. The van der Waals surface area contributed by atoms with E-state index in [4.69, 9.17) is 17.3 Å². The van der Waals surface area contributed by atoms with Crippen molar-refractivity contribution < 1.29 is 4.39 Å². The lowest BCUT2D eigenvalue weighted by molar-refractivity contribution is 0.319. The van der Waals surface area contributed by atoms with Gasteiger partial charge in [0.1, 0.15) is 5.82 Å². The van der Waals surface area contributed by atoms with E-state index in [1.54, 1.807) is 12.1 Å². The van der Waals surface area contributed by atoms with Crippen LogP contribution in [0.5, 0.6) is 0 Å². The molecule has 0 fully saturated rings. The first-order valence-corrected chi connectivity index (χ1v) is 4.91. The van der Waals surface area contributed by atoms with E-state index in [0.29, 0.717) is 5.56 Å². The van der Waals surface area contributed by atoms with Crippen LogP contribution in [-0.4, -0.2) is 0 Å². The van der Waals surface area contributed by atoms with Gasteiger partial charge in [-0.2, -0.15) is 0 Å². The summed E-state index contributed by atoms with van der Waals surface area (Å²) in [5.74, 6) is -0.406. The van der Waals surface area contributed by atoms with E-state index >= 15 is 0 Å². The smallest absolute Gasteiger partial charge is 0.146 e. The van der Waals surface area contributed by atoms with E-state index in [-0.39, 0.29) is 28.9 Å². The molecule has 1 nitrogen and oxygen atoms in total. The normalized spacial score (nSPS) is 13.2. The lowest BCUT2D eigenvalue weighted by Crippen LogP contribution is -2.27. The Morgan fingerprint density at radius 2 is 1.87 bits per heavy atom. The predicted octanol–water partition coefficient (Wildman–Crippen LogP) is 3.95. The van der Waals surface area contributed by atoms with Crippen LogP contribution in [0.2, 0.25) is 5.02 Å². The van der Waals surface area contributed by atoms with Crippen molar-refractivity contribution in [2.45, 2.75) is 26.8 Å². The van der Waals surface area contributed by atoms with Crippen LogP contribution in [0.25, 0.3) is 0 Å². The lowest BCUT2D eigenvalue weighted by atomic mass is 9.83. The molecule has 0 bridgehead atoms. The highest BCUT2D eigenvalue weighted by Crippen LogP contribution is 2.33. The van der Waals surface area contributed by atoms with Gasteiger partial charge in [-0.3, -0.25) is 0 Å². The summed E-state index contributed by atoms with van der Waals surface area (Å²) in [6.07, 6.45) is 0. The second-order valence-electron chi connectivity index (χ2n) is 4.49. The third-order valence-corrected chi connectivity index (χ3v) is 2.54. The fourth-order valence-corrected chi connectivity index (χ4v) is 1.41. The molecule has 15 heavy (non-hydrogen) atoms. The van der Waals surface area contributed by atoms with Crippen molar-refractivity contribution in [3.05, 3.63) is 34.6 Å². The summed E-state index contributed by atoms with van der Waals surface area (Å²) >= 11 is 5.68. The number of hydrogen-bond donors (Lipinski definition) is 1. The summed E-state index contributed by atoms with van der Waals surface area (Å²) in [6.45, 7) is 5.91. The van der Waals surface area contributed by atoms with Crippen LogP contribution in [0.15, 0.2) is 18.2 Å². The van der Waals surface area contributed by atoms with Gasteiger partial charge in [0.15, 0.2) is 0 Å². The Bertz CT molecular complexity index is 334. The minimum atomic E-state index is -0.406. The van der Waals surface area contributed by atoms with E-state index in [1.165, 1.54) is 6.07 Å². The molecule has 0 amide bonds. The Morgan fingerprint density at radius 1 is 1.33 bits per heavy atom. The van der Waals surface area contributed by atoms with Crippen LogP contribution in [0.4, 0.5) is 4.39 Å². The summed E-state index contributed by atoms with van der Waals surface area (Å²) in [6, 6.07) is 4.57. The molecule has 0 saturated heterocycles. The van der Waals surface area contributed by atoms with Gasteiger partial charge in [0, 0.05) is 11.6 Å². The molecule has 0 aliphatic rings. The molecule has 2 N–H and O–H groups in total. The molecule has 0 aliphatic carbocycles. The maximum Gasteiger partial charge on any atom is 0.146 e. The second kappa shape index (κ2) is 5.15. The van der Waals surface area contributed by atoms with Gasteiger partial charge in [0.2, 0.25) is 0 Å². The monoisotopic (exact) mass is 251 g/mol. The van der Waals surface area contributed by atoms with E-state index in [9.17, 15) is 4.39 Å². The molecule has 86 valence electrons. The molecule has 0 saturated carbocycles. The lowest BCUT2D eigenvalue weighted by Gasteiger charge is -2.27. The van der Waals surface area contributed by atoms with Gasteiger partial charge in [-0.05, 0) is 11.5 Å². The van der Waals surface area contributed by atoms with Crippen molar-refractivity contribution in [2.75, 3.05) is 0 Å². The predicted molar refractivity (Wildman–Crippen MR) is 65.0 cm³/mol. The number of hydrogen-bond acceptors (Lipinski definition) is 1. The minimum absolute atomic E-state index is 0. The van der Waals surface area contributed by atoms with E-state index in [0.717, 1.165) is 0 Å². The second-order valence-corrected chi connectivity index (χ2v) is 4.89. The molecule has 0 aromatic heterocycles. The maximum atomic E-state index is 13.6. The number of rotatable bonds is 1. The van der Waals surface area contributed by atoms with Gasteiger partial charge in [-0.1, -0.05) is 44.5 Å². The highest BCUT2D eigenvalue weighted by Gasteiger charge is 2.25. The molecular formula is C11H16Cl2FN. The summed E-state index contributed by atoms with van der Waals surface area (Å²) in [5, 5.41) is 0.127. The molecule has 1 aromatic rings. The SMILES string of the molecule is CC(C)(C)[C@@H](N)c1cccc(Cl)c1F.Cl. The highest BCUT2D eigenvalue weighted by atomic mass is 35.5. The molecule has 0 radical (unpaired) electrons. The third-order valence-electron chi connectivity index (χ3n) is 2.25. The average Bonchev–Trinajstić information content (AvgIpc) is 2.07. The summed E-state index contributed by atoms with van der Waals surface area (Å²) in [7, 11) is 0. The van der Waals surface area contributed by atoms with Gasteiger partial charge in [0.25, 0.3) is 0 Å². The third kappa shape index (κ3) is 3.33. The van der Waals surface area contributed by atoms with Crippen molar-refractivity contribution in [1.82, 2.24) is 0 Å². The van der Waals surface area contributed by atoms with Crippen molar-refractivity contribution >= 4 is 24.0 Å². The van der Waals surface area contributed by atoms with Crippen LogP contribution in [-0.2, 0) is 0 Å². The van der Waals surface area contributed by atoms with Crippen molar-refractivity contribution in [3.63, 3.8) is 0 Å². The van der Waals surface area contributed by atoms with Crippen LogP contribution >= 0.6 is 24.0 Å². The van der Waals surface area contributed by atoms with Crippen molar-refractivity contribution in [2.24, 2.45) is 11.1 Å². The molecule has 4 heteroatoms. The van der Waals surface area contributed by atoms with Crippen LogP contribution in [0.3, 0.4) is 0 Å². The van der Waals surface area contributed by atoms with Gasteiger partial charge >= 0.3 is 0 Å². The fourth-order valence-electron chi connectivity index (χ4n) is 1.23. The zero-order valence-corrected chi connectivity index (χ0v) is 10.6. The van der Waals surface area contributed by atoms with E-state index in [2.05, 4.69) is 0 Å². The fraction of sp³-hybridized carbons (Fsp3) is 0.455. The van der Waals surface area contributed by atoms with Crippen LogP contribution < -0.4 is 5.73 Å². The van der Waals surface area contributed by atoms with Gasteiger partial charge in [-0.15, -0.1) is 12.4 Å². The first-order chi connectivity index (χ1) is 6.34. The maximum absolute atomic E-state index is 13.6. The molecule has 0 spiro atoms. The summed E-state index contributed by atoms with van der Waals surface area (Å²) in [4.78, 5) is 0. The molecule has 1 rings (SSSR count). The number of halogens is 3. The highest BCUT2D eigenvalue weighted by molar-refractivity contribution is 6.30. The Balaban J connectivity index is 0.00000196. The van der Waals surface area contributed by atoms with Crippen molar-refractivity contribution in [3.8, 4) is 0 Å². The zero-order chi connectivity index (χ0) is 10.9. The Morgan fingerprint density at radius 3 is 2.33 bits per heavy atom. The van der Waals surface area contributed by atoms with Gasteiger partial charge in [-0.25, -0.2) is 4.39 Å². The Kier molecular flexibility index (Phi) is 5.04. The van der Waals surface area contributed by atoms with Crippen LogP contribution in [0, 0.1) is 11.2 Å². The van der Waals surface area contributed by atoms with Crippen LogP contribution in [0.1, 0.15) is 32.4 Å². The standard InChI is InChI=1S/C11H15ClFN.ClH/c1-11(2,3)10(14)7-5-4-6-8(12)9(7)13;/h4-6,10H,14H2,1-3H3;1H/t10-;/m0./s1. The summed E-state index contributed by atoms with van der Waals surface area (Å²) in [5.41, 5.74) is 6.24. The van der Waals surface area contributed by atoms with Gasteiger partial charge in [0.05, 0.1) is 5.02 Å². The van der Waals surface area contributed by atoms with Crippen molar-refractivity contribution in [1.29, 1.82) is 0 Å².